The van der Waals surface area contributed by atoms with E-state index in [2.05, 4.69) is 23.2 Å². The molecule has 0 amide bonds. The molecule has 0 radical (unpaired) electrons. The molecule has 1 fully saturated rings. The van der Waals surface area contributed by atoms with Crippen LogP contribution in [0.3, 0.4) is 0 Å². The first-order valence-electron chi connectivity index (χ1n) is 5.84. The summed E-state index contributed by atoms with van der Waals surface area (Å²) in [7, 11) is 0. The molecule has 0 bridgehead atoms. The van der Waals surface area contributed by atoms with Crippen molar-refractivity contribution in [2.24, 2.45) is 0 Å². The number of rotatable bonds is 2. The topological polar surface area (TPSA) is 39.1 Å². The molecule has 0 unspecified atom stereocenters. The molecule has 0 aromatic heterocycles. The van der Waals surface area contributed by atoms with E-state index < -0.39 is 0 Å². The molecule has 1 atom stereocenters. The van der Waals surface area contributed by atoms with Gasteiger partial charge >= 0.3 is 0 Å². The summed E-state index contributed by atoms with van der Waals surface area (Å²) in [6.45, 7) is 6.15. The lowest BCUT2D eigenvalue weighted by Crippen LogP contribution is -2.49. The Hall–Kier alpha value is -1.08. The highest BCUT2D eigenvalue weighted by Gasteiger charge is 2.18. The van der Waals surface area contributed by atoms with Gasteiger partial charge in [0.05, 0.1) is 11.6 Å². The average Bonchev–Trinajstić information content (AvgIpc) is 2.34. The van der Waals surface area contributed by atoms with Crippen molar-refractivity contribution >= 4 is 11.6 Å². The molecule has 1 aromatic rings. The highest BCUT2D eigenvalue weighted by molar-refractivity contribution is 6.31. The second-order valence-electron chi connectivity index (χ2n) is 4.44. The predicted molar refractivity (Wildman–Crippen MR) is 68.9 cm³/mol. The molecule has 4 heteroatoms. The van der Waals surface area contributed by atoms with E-state index in [1.165, 1.54) is 0 Å². The van der Waals surface area contributed by atoms with Gasteiger partial charge in [-0.2, -0.15) is 5.26 Å². The van der Waals surface area contributed by atoms with E-state index in [4.69, 9.17) is 16.9 Å². The van der Waals surface area contributed by atoms with E-state index in [-0.39, 0.29) is 0 Å². The van der Waals surface area contributed by atoms with Crippen LogP contribution in [0.25, 0.3) is 0 Å². The SMILES string of the molecule is C[C@H]1CNCCN1Cc1ccc(C#N)cc1Cl. The summed E-state index contributed by atoms with van der Waals surface area (Å²) in [5.74, 6) is 0. The predicted octanol–water partition coefficient (Wildman–Crippen LogP) is 2.01. The van der Waals surface area contributed by atoms with Gasteiger partial charge in [-0.3, -0.25) is 4.90 Å². The number of piperazine rings is 1. The Morgan fingerprint density at radius 2 is 2.41 bits per heavy atom. The van der Waals surface area contributed by atoms with Crippen LogP contribution in [0, 0.1) is 11.3 Å². The molecule has 0 aliphatic carbocycles. The van der Waals surface area contributed by atoms with Crippen molar-refractivity contribution in [2.75, 3.05) is 19.6 Å². The van der Waals surface area contributed by atoms with Gasteiger partial charge in [0, 0.05) is 37.2 Å². The Morgan fingerprint density at radius 3 is 3.06 bits per heavy atom. The highest BCUT2D eigenvalue weighted by Crippen LogP contribution is 2.20. The number of nitriles is 1. The molecule has 1 heterocycles. The lowest BCUT2D eigenvalue weighted by atomic mass is 10.1. The van der Waals surface area contributed by atoms with Gasteiger partial charge in [0.2, 0.25) is 0 Å². The molecule has 90 valence electrons. The zero-order valence-corrected chi connectivity index (χ0v) is 10.7. The third-order valence-corrected chi connectivity index (χ3v) is 3.55. The first kappa shape index (κ1) is 12.4. The van der Waals surface area contributed by atoms with Crippen molar-refractivity contribution in [1.29, 1.82) is 5.26 Å². The van der Waals surface area contributed by atoms with Crippen molar-refractivity contribution in [2.45, 2.75) is 19.5 Å². The lowest BCUT2D eigenvalue weighted by molar-refractivity contribution is 0.165. The molecule has 0 saturated carbocycles. The van der Waals surface area contributed by atoms with Crippen LogP contribution >= 0.6 is 11.6 Å². The lowest BCUT2D eigenvalue weighted by Gasteiger charge is -2.34. The third kappa shape index (κ3) is 2.98. The van der Waals surface area contributed by atoms with Gasteiger partial charge < -0.3 is 5.32 Å². The fraction of sp³-hybridized carbons (Fsp3) is 0.462. The Morgan fingerprint density at radius 1 is 1.59 bits per heavy atom. The van der Waals surface area contributed by atoms with Crippen molar-refractivity contribution in [3.63, 3.8) is 0 Å². The van der Waals surface area contributed by atoms with Gasteiger partial charge in [-0.25, -0.2) is 0 Å². The molecule has 1 aromatic carbocycles. The van der Waals surface area contributed by atoms with Crippen LogP contribution in [-0.4, -0.2) is 30.6 Å². The third-order valence-electron chi connectivity index (χ3n) is 3.19. The second kappa shape index (κ2) is 5.50. The van der Waals surface area contributed by atoms with Crippen LogP contribution in [0.1, 0.15) is 18.1 Å². The van der Waals surface area contributed by atoms with Crippen LogP contribution in [0.2, 0.25) is 5.02 Å². The van der Waals surface area contributed by atoms with Crippen LogP contribution < -0.4 is 5.32 Å². The Balaban J connectivity index is 2.10. The second-order valence-corrected chi connectivity index (χ2v) is 4.85. The first-order valence-corrected chi connectivity index (χ1v) is 6.22. The largest absolute Gasteiger partial charge is 0.314 e. The monoisotopic (exact) mass is 249 g/mol. The smallest absolute Gasteiger partial charge is 0.0992 e. The molecule has 3 nitrogen and oxygen atoms in total. The van der Waals surface area contributed by atoms with Gasteiger partial charge in [-0.05, 0) is 24.6 Å². The minimum atomic E-state index is 0.524. The fourth-order valence-electron chi connectivity index (χ4n) is 2.08. The van der Waals surface area contributed by atoms with Gasteiger partial charge in [-0.15, -0.1) is 0 Å². The van der Waals surface area contributed by atoms with Crippen LogP contribution in [0.5, 0.6) is 0 Å². The maximum atomic E-state index is 8.79. The van der Waals surface area contributed by atoms with Crippen molar-refractivity contribution in [3.05, 3.63) is 34.3 Å². The zero-order valence-electron chi connectivity index (χ0n) is 9.91. The number of hydrogen-bond acceptors (Lipinski definition) is 3. The number of nitrogens with one attached hydrogen (secondary N) is 1. The standard InChI is InChI=1S/C13H16ClN3/c1-10-8-16-4-5-17(10)9-12-3-2-11(7-15)6-13(12)14/h2-3,6,10,16H,4-5,8-9H2,1H3/t10-/m0/s1. The zero-order chi connectivity index (χ0) is 12.3. The highest BCUT2D eigenvalue weighted by atomic mass is 35.5. The summed E-state index contributed by atoms with van der Waals surface area (Å²) >= 11 is 6.18. The summed E-state index contributed by atoms with van der Waals surface area (Å²) in [4.78, 5) is 2.41. The Labute approximate surface area is 107 Å². The molecule has 0 spiro atoms. The summed E-state index contributed by atoms with van der Waals surface area (Å²) in [6.07, 6.45) is 0. The van der Waals surface area contributed by atoms with Crippen LogP contribution in [0.4, 0.5) is 0 Å². The van der Waals surface area contributed by atoms with E-state index in [0.29, 0.717) is 16.6 Å². The van der Waals surface area contributed by atoms with E-state index in [9.17, 15) is 0 Å². The molecule has 1 saturated heterocycles. The Bertz CT molecular complexity index is 439. The summed E-state index contributed by atoms with van der Waals surface area (Å²) < 4.78 is 0. The van der Waals surface area contributed by atoms with E-state index in [1.807, 2.05) is 12.1 Å². The number of hydrogen-bond donors (Lipinski definition) is 1. The molecule has 17 heavy (non-hydrogen) atoms. The maximum absolute atomic E-state index is 8.79. The molecule has 1 aliphatic heterocycles. The minimum Gasteiger partial charge on any atom is -0.314 e. The van der Waals surface area contributed by atoms with Gasteiger partial charge in [0.1, 0.15) is 0 Å². The molecule has 1 N–H and O–H groups in total. The van der Waals surface area contributed by atoms with Gasteiger partial charge in [0.25, 0.3) is 0 Å². The first-order chi connectivity index (χ1) is 8.20. The minimum absolute atomic E-state index is 0.524. The van der Waals surface area contributed by atoms with Crippen LogP contribution in [0.15, 0.2) is 18.2 Å². The number of halogens is 1. The van der Waals surface area contributed by atoms with Crippen molar-refractivity contribution in [1.82, 2.24) is 10.2 Å². The normalized spacial score (nSPS) is 21.1. The summed E-state index contributed by atoms with van der Waals surface area (Å²) in [5, 5.41) is 12.8. The number of nitrogens with zero attached hydrogens (tertiary/aromatic N) is 2. The number of benzene rings is 1. The van der Waals surface area contributed by atoms with Crippen LogP contribution in [-0.2, 0) is 6.54 Å². The van der Waals surface area contributed by atoms with Crippen molar-refractivity contribution < 1.29 is 0 Å². The molecule has 2 rings (SSSR count). The van der Waals surface area contributed by atoms with Crippen molar-refractivity contribution in [3.8, 4) is 6.07 Å². The molecular weight excluding hydrogens is 234 g/mol. The molecule has 1 aliphatic rings. The average molecular weight is 250 g/mol. The maximum Gasteiger partial charge on any atom is 0.0992 e. The summed E-state index contributed by atoms with van der Waals surface area (Å²) in [5.41, 5.74) is 1.71. The van der Waals surface area contributed by atoms with Gasteiger partial charge in [0.15, 0.2) is 0 Å². The van der Waals surface area contributed by atoms with E-state index in [1.54, 1.807) is 6.07 Å². The van der Waals surface area contributed by atoms with E-state index >= 15 is 0 Å². The fourth-order valence-corrected chi connectivity index (χ4v) is 2.32. The van der Waals surface area contributed by atoms with E-state index in [0.717, 1.165) is 31.7 Å². The quantitative estimate of drug-likeness (QED) is 0.872. The Kier molecular flexibility index (Phi) is 4.01. The van der Waals surface area contributed by atoms with Gasteiger partial charge in [-0.1, -0.05) is 17.7 Å². The summed E-state index contributed by atoms with van der Waals surface area (Å²) in [6, 6.07) is 8.14. The molecular formula is C13H16ClN3.